The van der Waals surface area contributed by atoms with E-state index in [-0.39, 0.29) is 37.5 Å². The molecule has 0 radical (unpaired) electrons. The fourth-order valence-electron chi connectivity index (χ4n) is 2.00. The van der Waals surface area contributed by atoms with Crippen molar-refractivity contribution in [2.75, 3.05) is 19.8 Å². The van der Waals surface area contributed by atoms with Crippen molar-refractivity contribution < 1.29 is 19.2 Å². The summed E-state index contributed by atoms with van der Waals surface area (Å²) in [6.45, 7) is 4.15. The van der Waals surface area contributed by atoms with Gasteiger partial charge in [-0.2, -0.15) is 0 Å². The summed E-state index contributed by atoms with van der Waals surface area (Å²) in [6.07, 6.45) is -0.329. The van der Waals surface area contributed by atoms with Crippen LogP contribution in [-0.4, -0.2) is 35.9 Å². The molecule has 1 amide bonds. The molecule has 0 aliphatic rings. The Kier molecular flexibility index (Phi) is 5.68. The third-order valence-corrected chi connectivity index (χ3v) is 3.17. The van der Waals surface area contributed by atoms with Crippen LogP contribution in [-0.2, 0) is 4.74 Å². The first-order valence-corrected chi connectivity index (χ1v) is 7.10. The van der Waals surface area contributed by atoms with E-state index in [4.69, 9.17) is 14.4 Å². The molecule has 1 heterocycles. The Morgan fingerprint density at radius 1 is 1.36 bits per heavy atom. The maximum atomic E-state index is 12.0. The number of amides is 1. The van der Waals surface area contributed by atoms with E-state index in [1.54, 1.807) is 13.0 Å². The van der Waals surface area contributed by atoms with Crippen molar-refractivity contribution in [3.05, 3.63) is 52.9 Å². The van der Waals surface area contributed by atoms with E-state index in [9.17, 15) is 4.79 Å². The zero-order chi connectivity index (χ0) is 15.9. The minimum Gasteiger partial charge on any atom is -0.394 e. The molecule has 0 fully saturated rings. The van der Waals surface area contributed by atoms with Crippen LogP contribution < -0.4 is 5.32 Å². The minimum absolute atomic E-state index is 0.0706. The number of ether oxygens (including phenoxy) is 1. The van der Waals surface area contributed by atoms with Crippen molar-refractivity contribution in [1.29, 1.82) is 0 Å². The topological polar surface area (TPSA) is 84.6 Å². The van der Waals surface area contributed by atoms with Crippen LogP contribution in [0.3, 0.4) is 0 Å². The summed E-state index contributed by atoms with van der Waals surface area (Å²) in [5.41, 5.74) is 2.32. The molecule has 6 nitrogen and oxygen atoms in total. The van der Waals surface area contributed by atoms with Gasteiger partial charge in [0.1, 0.15) is 5.76 Å². The lowest BCUT2D eigenvalue weighted by atomic mass is 10.1. The number of carbonyl (C=O) groups excluding carboxylic acids is 1. The van der Waals surface area contributed by atoms with Crippen LogP contribution in [0.4, 0.5) is 0 Å². The number of hydrogen-bond acceptors (Lipinski definition) is 5. The normalized spacial score (nSPS) is 12.1. The lowest BCUT2D eigenvalue weighted by Gasteiger charge is -2.18. The van der Waals surface area contributed by atoms with Gasteiger partial charge in [-0.05, 0) is 19.4 Å². The van der Waals surface area contributed by atoms with Gasteiger partial charge in [-0.1, -0.05) is 35.0 Å². The summed E-state index contributed by atoms with van der Waals surface area (Å²) in [5, 5.41) is 15.4. The highest BCUT2D eigenvalue weighted by molar-refractivity contribution is 5.92. The number of rotatable bonds is 7. The predicted molar refractivity (Wildman–Crippen MR) is 80.5 cm³/mol. The van der Waals surface area contributed by atoms with Gasteiger partial charge in [0, 0.05) is 12.6 Å². The quantitative estimate of drug-likeness (QED) is 0.814. The van der Waals surface area contributed by atoms with Gasteiger partial charge in [0.15, 0.2) is 5.69 Å². The molecule has 6 heteroatoms. The first-order chi connectivity index (χ1) is 10.6. The van der Waals surface area contributed by atoms with Crippen molar-refractivity contribution in [3.8, 4) is 0 Å². The molecule has 0 bridgehead atoms. The van der Waals surface area contributed by atoms with Crippen LogP contribution in [0.15, 0.2) is 34.9 Å². The van der Waals surface area contributed by atoms with Crippen molar-refractivity contribution in [1.82, 2.24) is 10.5 Å². The van der Waals surface area contributed by atoms with Crippen LogP contribution >= 0.6 is 0 Å². The molecule has 2 aromatic rings. The van der Waals surface area contributed by atoms with Crippen molar-refractivity contribution in [2.45, 2.75) is 20.0 Å². The number of aliphatic hydroxyl groups excluding tert-OH is 1. The van der Waals surface area contributed by atoms with Crippen LogP contribution in [0.25, 0.3) is 0 Å². The highest BCUT2D eigenvalue weighted by Gasteiger charge is 2.16. The molecule has 118 valence electrons. The second-order valence-corrected chi connectivity index (χ2v) is 5.03. The summed E-state index contributed by atoms with van der Waals surface area (Å²) in [5.74, 6) is 0.262. The van der Waals surface area contributed by atoms with Crippen LogP contribution in [0.5, 0.6) is 0 Å². The van der Waals surface area contributed by atoms with Crippen molar-refractivity contribution in [2.24, 2.45) is 0 Å². The van der Waals surface area contributed by atoms with Gasteiger partial charge in [0.25, 0.3) is 5.91 Å². The van der Waals surface area contributed by atoms with Crippen LogP contribution in [0.1, 0.15) is 33.5 Å². The molecular formula is C16H20N2O4. The first-order valence-electron chi connectivity index (χ1n) is 7.10. The van der Waals surface area contributed by atoms with Crippen LogP contribution in [0, 0.1) is 13.8 Å². The molecule has 0 spiro atoms. The lowest BCUT2D eigenvalue weighted by molar-refractivity contribution is 0.0276. The Labute approximate surface area is 129 Å². The molecule has 1 aromatic heterocycles. The molecule has 0 aliphatic heterocycles. The number of aliphatic hydroxyl groups is 1. The highest BCUT2D eigenvalue weighted by Crippen LogP contribution is 2.17. The maximum Gasteiger partial charge on any atom is 0.273 e. The van der Waals surface area contributed by atoms with Crippen LogP contribution in [0.2, 0.25) is 0 Å². The zero-order valence-electron chi connectivity index (χ0n) is 12.7. The Bertz CT molecular complexity index is 607. The van der Waals surface area contributed by atoms with Crippen molar-refractivity contribution >= 4 is 5.91 Å². The molecule has 0 saturated heterocycles. The van der Waals surface area contributed by atoms with E-state index >= 15 is 0 Å². The maximum absolute atomic E-state index is 12.0. The number of benzene rings is 1. The summed E-state index contributed by atoms with van der Waals surface area (Å²) in [6, 6.07) is 9.43. The Balaban J connectivity index is 2.00. The largest absolute Gasteiger partial charge is 0.394 e. The van der Waals surface area contributed by atoms with Gasteiger partial charge in [-0.3, -0.25) is 4.79 Å². The molecule has 0 saturated carbocycles. The molecule has 1 atom stereocenters. The van der Waals surface area contributed by atoms with E-state index in [1.165, 1.54) is 0 Å². The lowest BCUT2D eigenvalue weighted by Crippen LogP contribution is -2.30. The zero-order valence-corrected chi connectivity index (χ0v) is 12.7. The van der Waals surface area contributed by atoms with E-state index in [0.29, 0.717) is 5.76 Å². The fourth-order valence-corrected chi connectivity index (χ4v) is 2.00. The minimum atomic E-state index is -0.329. The number of aryl methyl sites for hydroxylation is 2. The molecule has 0 aliphatic carbocycles. The summed E-state index contributed by atoms with van der Waals surface area (Å²) in [4.78, 5) is 12.0. The van der Waals surface area contributed by atoms with Crippen molar-refractivity contribution in [3.63, 3.8) is 0 Å². The first kappa shape index (κ1) is 16.2. The van der Waals surface area contributed by atoms with Gasteiger partial charge >= 0.3 is 0 Å². The molecule has 1 unspecified atom stereocenters. The number of nitrogens with one attached hydrogen (secondary N) is 1. The standard InChI is InChI=1S/C16H20N2O4/c1-11-3-5-13(6-4-11)15(21-8-7-19)10-17-16(20)14-9-12(2)22-18-14/h3-6,9,15,19H,7-8,10H2,1-2H3,(H,17,20). The molecular weight excluding hydrogens is 284 g/mol. The highest BCUT2D eigenvalue weighted by atomic mass is 16.5. The average molecular weight is 304 g/mol. The molecule has 2 N–H and O–H groups in total. The number of carbonyl (C=O) groups is 1. The number of aromatic nitrogens is 1. The third-order valence-electron chi connectivity index (χ3n) is 3.17. The number of hydrogen-bond donors (Lipinski definition) is 2. The van der Waals surface area contributed by atoms with Gasteiger partial charge in [-0.15, -0.1) is 0 Å². The second kappa shape index (κ2) is 7.72. The average Bonchev–Trinajstić information content (AvgIpc) is 2.95. The SMILES string of the molecule is Cc1ccc(C(CNC(=O)c2cc(C)on2)OCCO)cc1. The van der Waals surface area contributed by atoms with Gasteiger partial charge < -0.3 is 19.7 Å². The number of nitrogens with zero attached hydrogens (tertiary/aromatic N) is 1. The van der Waals surface area contributed by atoms with Gasteiger partial charge in [0.2, 0.25) is 0 Å². The third kappa shape index (κ3) is 4.41. The Morgan fingerprint density at radius 3 is 2.68 bits per heavy atom. The smallest absolute Gasteiger partial charge is 0.273 e. The van der Waals surface area contributed by atoms with Gasteiger partial charge in [0.05, 0.1) is 19.3 Å². The monoisotopic (exact) mass is 304 g/mol. The molecule has 1 aromatic carbocycles. The second-order valence-electron chi connectivity index (χ2n) is 5.03. The predicted octanol–water partition coefficient (Wildman–Crippen LogP) is 1.77. The summed E-state index contributed by atoms with van der Waals surface area (Å²) >= 11 is 0. The summed E-state index contributed by atoms with van der Waals surface area (Å²) in [7, 11) is 0. The molecule has 22 heavy (non-hydrogen) atoms. The Morgan fingerprint density at radius 2 is 2.09 bits per heavy atom. The summed E-state index contributed by atoms with van der Waals surface area (Å²) < 4.78 is 10.5. The fraction of sp³-hybridized carbons (Fsp3) is 0.375. The van der Waals surface area contributed by atoms with E-state index in [1.807, 2.05) is 31.2 Å². The van der Waals surface area contributed by atoms with E-state index in [0.717, 1.165) is 11.1 Å². The molecule has 2 rings (SSSR count). The van der Waals surface area contributed by atoms with E-state index in [2.05, 4.69) is 10.5 Å². The Hall–Kier alpha value is -2.18. The van der Waals surface area contributed by atoms with E-state index < -0.39 is 0 Å². The van der Waals surface area contributed by atoms with Gasteiger partial charge in [-0.25, -0.2) is 0 Å².